The quantitative estimate of drug-likeness (QED) is 0.115. The van der Waals surface area contributed by atoms with E-state index < -0.39 is 0 Å². The van der Waals surface area contributed by atoms with E-state index in [0.29, 0.717) is 0 Å². The first kappa shape index (κ1) is 32.8. The smallest absolute Gasteiger partial charge is 0.122 e. The normalized spacial score (nSPS) is 11.1. The second kappa shape index (κ2) is 20.2. The summed E-state index contributed by atoms with van der Waals surface area (Å²) in [5.74, 6) is 1.98. The van der Waals surface area contributed by atoms with Gasteiger partial charge in [-0.25, -0.2) is 0 Å². The highest BCUT2D eigenvalue weighted by molar-refractivity contribution is 5.71. The summed E-state index contributed by atoms with van der Waals surface area (Å²) < 4.78 is 12.1. The van der Waals surface area contributed by atoms with Gasteiger partial charge in [-0.3, -0.25) is 0 Å². The van der Waals surface area contributed by atoms with Crippen molar-refractivity contribution in [2.24, 2.45) is 0 Å². The highest BCUT2D eigenvalue weighted by Gasteiger charge is 2.05. The molecule has 0 aliphatic carbocycles. The number of rotatable bonds is 22. The van der Waals surface area contributed by atoms with E-state index in [9.17, 15) is 0 Å². The summed E-state index contributed by atoms with van der Waals surface area (Å²) in [6.45, 7) is 8.32. The molecule has 0 heterocycles. The molecule has 0 amide bonds. The number of ether oxygens (including phenoxy) is 2. The molecule has 224 valence electrons. The third-order valence-corrected chi connectivity index (χ3v) is 8.10. The fourth-order valence-corrected chi connectivity index (χ4v) is 5.43. The zero-order valence-electron chi connectivity index (χ0n) is 26.4. The molecule has 0 bridgehead atoms. The Kier molecular flexibility index (Phi) is 16.1. The standard InChI is InChI=1S/C39H56O2/c1-4-6-8-10-12-14-16-18-30-40-38-27-24-35(25-28-38)34-20-22-36(23-21-34)37-26-29-39(33(3)32-37)41-31-19-17-15-13-11-9-7-5-2/h20-29,32H,4-19,30-31H2,1-3H3. The molecular formula is C39H56O2. The van der Waals surface area contributed by atoms with Crippen LogP contribution in [0.5, 0.6) is 11.5 Å². The molecular weight excluding hydrogens is 500 g/mol. The molecule has 0 saturated heterocycles. The Bertz CT molecular complexity index is 1070. The lowest BCUT2D eigenvalue weighted by atomic mass is 9.99. The largest absolute Gasteiger partial charge is 0.494 e. The van der Waals surface area contributed by atoms with Crippen molar-refractivity contribution in [2.45, 2.75) is 124 Å². The van der Waals surface area contributed by atoms with Gasteiger partial charge in [-0.05, 0) is 71.8 Å². The molecule has 0 spiro atoms. The zero-order valence-corrected chi connectivity index (χ0v) is 26.4. The first-order chi connectivity index (χ1) is 20.2. The molecule has 3 rings (SSSR count). The molecule has 0 N–H and O–H groups in total. The molecule has 2 nitrogen and oxygen atoms in total. The molecule has 0 fully saturated rings. The van der Waals surface area contributed by atoms with Gasteiger partial charge in [0.05, 0.1) is 13.2 Å². The van der Waals surface area contributed by atoms with Gasteiger partial charge in [0.25, 0.3) is 0 Å². The van der Waals surface area contributed by atoms with Crippen molar-refractivity contribution in [3.63, 3.8) is 0 Å². The summed E-state index contributed by atoms with van der Waals surface area (Å²) in [6.07, 6.45) is 21.2. The first-order valence-electron chi connectivity index (χ1n) is 16.8. The second-order valence-corrected chi connectivity index (χ2v) is 11.7. The van der Waals surface area contributed by atoms with Gasteiger partial charge in [-0.15, -0.1) is 0 Å². The monoisotopic (exact) mass is 556 g/mol. The van der Waals surface area contributed by atoms with Gasteiger partial charge in [0.1, 0.15) is 11.5 Å². The first-order valence-corrected chi connectivity index (χ1v) is 16.8. The van der Waals surface area contributed by atoms with Gasteiger partial charge in [0, 0.05) is 0 Å². The Labute approximate surface area is 251 Å². The minimum atomic E-state index is 0.811. The molecule has 2 heteroatoms. The van der Waals surface area contributed by atoms with Crippen molar-refractivity contribution in [1.82, 2.24) is 0 Å². The van der Waals surface area contributed by atoms with Crippen molar-refractivity contribution in [1.29, 1.82) is 0 Å². The average Bonchev–Trinajstić information content (AvgIpc) is 3.00. The Balaban J connectivity index is 1.38. The molecule has 0 radical (unpaired) electrons. The number of unbranched alkanes of at least 4 members (excludes halogenated alkanes) is 14. The van der Waals surface area contributed by atoms with Crippen LogP contribution in [0, 0.1) is 6.92 Å². The van der Waals surface area contributed by atoms with Crippen molar-refractivity contribution < 1.29 is 9.47 Å². The summed E-state index contributed by atoms with van der Waals surface area (Å²) in [5, 5.41) is 0. The van der Waals surface area contributed by atoms with Crippen LogP contribution >= 0.6 is 0 Å². The third kappa shape index (κ3) is 12.8. The molecule has 3 aromatic carbocycles. The molecule has 0 atom stereocenters. The van der Waals surface area contributed by atoms with Crippen molar-refractivity contribution in [3.8, 4) is 33.8 Å². The van der Waals surface area contributed by atoms with E-state index in [0.717, 1.165) is 37.6 Å². The number of hydrogen-bond donors (Lipinski definition) is 0. The highest BCUT2D eigenvalue weighted by Crippen LogP contribution is 2.29. The van der Waals surface area contributed by atoms with Crippen molar-refractivity contribution in [3.05, 3.63) is 72.3 Å². The fraction of sp³-hybridized carbons (Fsp3) is 0.538. The lowest BCUT2D eigenvalue weighted by molar-refractivity contribution is 0.302. The van der Waals surface area contributed by atoms with Crippen LogP contribution in [0.2, 0.25) is 0 Å². The average molecular weight is 557 g/mol. The second-order valence-electron chi connectivity index (χ2n) is 11.7. The topological polar surface area (TPSA) is 18.5 Å². The Morgan fingerprint density at radius 1 is 0.415 bits per heavy atom. The Morgan fingerprint density at radius 2 is 0.805 bits per heavy atom. The fourth-order valence-electron chi connectivity index (χ4n) is 5.43. The molecule has 41 heavy (non-hydrogen) atoms. The van der Waals surface area contributed by atoms with E-state index in [1.54, 1.807) is 0 Å². The highest BCUT2D eigenvalue weighted by atomic mass is 16.5. The van der Waals surface area contributed by atoms with Gasteiger partial charge in [0.15, 0.2) is 0 Å². The lowest BCUT2D eigenvalue weighted by Gasteiger charge is -2.12. The van der Waals surface area contributed by atoms with Crippen LogP contribution in [0.15, 0.2) is 66.7 Å². The third-order valence-electron chi connectivity index (χ3n) is 8.10. The van der Waals surface area contributed by atoms with Crippen molar-refractivity contribution in [2.75, 3.05) is 13.2 Å². The minimum absolute atomic E-state index is 0.811. The molecule has 0 aliphatic heterocycles. The van der Waals surface area contributed by atoms with Crippen molar-refractivity contribution >= 4 is 0 Å². The van der Waals surface area contributed by atoms with Crippen LogP contribution in [-0.2, 0) is 0 Å². The van der Waals surface area contributed by atoms with Crippen LogP contribution in [0.3, 0.4) is 0 Å². The number of aryl methyl sites for hydroxylation is 1. The molecule has 0 unspecified atom stereocenters. The van der Waals surface area contributed by atoms with E-state index in [4.69, 9.17) is 9.47 Å². The van der Waals surface area contributed by atoms with E-state index in [1.807, 2.05) is 0 Å². The van der Waals surface area contributed by atoms with E-state index in [-0.39, 0.29) is 0 Å². The van der Waals surface area contributed by atoms with Gasteiger partial charge >= 0.3 is 0 Å². The summed E-state index contributed by atoms with van der Waals surface area (Å²) in [6, 6.07) is 24.0. The van der Waals surface area contributed by atoms with Crippen LogP contribution < -0.4 is 9.47 Å². The zero-order chi connectivity index (χ0) is 29.0. The maximum atomic E-state index is 6.11. The summed E-state index contributed by atoms with van der Waals surface area (Å²) in [7, 11) is 0. The maximum Gasteiger partial charge on any atom is 0.122 e. The van der Waals surface area contributed by atoms with Crippen LogP contribution in [0.4, 0.5) is 0 Å². The Morgan fingerprint density at radius 3 is 1.29 bits per heavy atom. The number of benzene rings is 3. The minimum Gasteiger partial charge on any atom is -0.494 e. The predicted molar refractivity (Wildman–Crippen MR) is 178 cm³/mol. The summed E-state index contributed by atoms with van der Waals surface area (Å²) >= 11 is 0. The maximum absolute atomic E-state index is 6.11. The van der Waals surface area contributed by atoms with Crippen LogP contribution in [0.25, 0.3) is 22.3 Å². The number of hydrogen-bond acceptors (Lipinski definition) is 2. The molecule has 0 saturated carbocycles. The van der Waals surface area contributed by atoms with Gasteiger partial charge in [-0.2, -0.15) is 0 Å². The lowest BCUT2D eigenvalue weighted by Crippen LogP contribution is -1.99. The molecule has 0 aliphatic rings. The van der Waals surface area contributed by atoms with E-state index in [2.05, 4.69) is 87.5 Å². The predicted octanol–water partition coefficient (Wildman–Crippen LogP) is 12.4. The van der Waals surface area contributed by atoms with E-state index >= 15 is 0 Å². The van der Waals surface area contributed by atoms with Gasteiger partial charge in [-0.1, -0.05) is 146 Å². The molecule has 0 aromatic heterocycles. The van der Waals surface area contributed by atoms with Crippen LogP contribution in [-0.4, -0.2) is 13.2 Å². The van der Waals surface area contributed by atoms with Gasteiger partial charge in [0.2, 0.25) is 0 Å². The van der Waals surface area contributed by atoms with E-state index in [1.165, 1.54) is 118 Å². The Hall–Kier alpha value is -2.74. The molecule has 3 aromatic rings. The van der Waals surface area contributed by atoms with Gasteiger partial charge < -0.3 is 9.47 Å². The SMILES string of the molecule is CCCCCCCCCCOc1ccc(-c2ccc(-c3ccc(OCCCCCCCCCC)c(C)c3)cc2)cc1. The summed E-state index contributed by atoms with van der Waals surface area (Å²) in [4.78, 5) is 0. The van der Waals surface area contributed by atoms with Crippen LogP contribution in [0.1, 0.15) is 122 Å². The summed E-state index contributed by atoms with van der Waals surface area (Å²) in [5.41, 5.74) is 6.12.